The van der Waals surface area contributed by atoms with Crippen LogP contribution in [0.3, 0.4) is 0 Å². The van der Waals surface area contributed by atoms with Gasteiger partial charge in [0.1, 0.15) is 0 Å². The molecule has 0 amide bonds. The van der Waals surface area contributed by atoms with Gasteiger partial charge in [-0.1, -0.05) is 26.8 Å². The number of pyridine rings is 1. The van der Waals surface area contributed by atoms with Crippen LogP contribution in [-0.4, -0.2) is 15.2 Å². The van der Waals surface area contributed by atoms with Crippen molar-refractivity contribution in [1.29, 1.82) is 0 Å². The number of hydrogen-bond donors (Lipinski definition) is 1. The van der Waals surface area contributed by atoms with E-state index in [1.807, 2.05) is 18.5 Å². The predicted octanol–water partition coefficient (Wildman–Crippen LogP) is 2.77. The number of nitrogens with zero attached hydrogens (tertiary/aromatic N) is 2. The summed E-state index contributed by atoms with van der Waals surface area (Å²) in [6.07, 6.45) is 5.49. The first-order chi connectivity index (χ1) is 7.09. The van der Waals surface area contributed by atoms with Gasteiger partial charge in [-0.05, 0) is 17.0 Å². The molecule has 0 spiro atoms. The molecule has 2 rings (SSSR count). The molecule has 0 unspecified atom stereocenters. The van der Waals surface area contributed by atoms with Crippen molar-refractivity contribution >= 4 is 0 Å². The average Bonchev–Trinajstić information content (AvgIpc) is 2.69. The van der Waals surface area contributed by atoms with E-state index in [-0.39, 0.29) is 5.41 Å². The Morgan fingerprint density at radius 2 is 2.07 bits per heavy atom. The summed E-state index contributed by atoms with van der Waals surface area (Å²) < 4.78 is 0. The van der Waals surface area contributed by atoms with Crippen molar-refractivity contribution in [2.45, 2.75) is 26.2 Å². The van der Waals surface area contributed by atoms with E-state index in [9.17, 15) is 0 Å². The maximum atomic E-state index is 4.43. The van der Waals surface area contributed by atoms with Crippen LogP contribution >= 0.6 is 0 Å². The molecule has 0 aliphatic heterocycles. The van der Waals surface area contributed by atoms with Crippen LogP contribution < -0.4 is 0 Å². The van der Waals surface area contributed by atoms with Gasteiger partial charge in [-0.2, -0.15) is 5.10 Å². The summed E-state index contributed by atoms with van der Waals surface area (Å²) in [5.41, 5.74) is 3.40. The molecule has 15 heavy (non-hydrogen) atoms. The number of aromatic amines is 1. The predicted molar refractivity (Wildman–Crippen MR) is 60.5 cm³/mol. The summed E-state index contributed by atoms with van der Waals surface area (Å²) >= 11 is 0. The topological polar surface area (TPSA) is 41.6 Å². The van der Waals surface area contributed by atoms with E-state index >= 15 is 0 Å². The number of aromatic nitrogens is 3. The Morgan fingerprint density at radius 1 is 1.27 bits per heavy atom. The molecule has 3 heteroatoms. The highest BCUT2D eigenvalue weighted by Gasteiger charge is 2.19. The van der Waals surface area contributed by atoms with Crippen LogP contribution in [0.4, 0.5) is 0 Å². The van der Waals surface area contributed by atoms with Crippen LogP contribution in [0.15, 0.2) is 30.7 Å². The van der Waals surface area contributed by atoms with Gasteiger partial charge in [-0.15, -0.1) is 0 Å². The molecule has 0 radical (unpaired) electrons. The molecule has 3 nitrogen and oxygen atoms in total. The molecule has 0 atom stereocenters. The quantitative estimate of drug-likeness (QED) is 0.770. The molecule has 0 aromatic carbocycles. The third-order valence-electron chi connectivity index (χ3n) is 2.39. The third-order valence-corrected chi connectivity index (χ3v) is 2.39. The largest absolute Gasteiger partial charge is 0.285 e. The second-order valence-corrected chi connectivity index (χ2v) is 4.64. The molecule has 0 aliphatic rings. The lowest BCUT2D eigenvalue weighted by molar-refractivity contribution is 0.589. The molecule has 0 bridgehead atoms. The molecular formula is C12H15N3. The van der Waals surface area contributed by atoms with E-state index in [0.717, 1.165) is 11.3 Å². The van der Waals surface area contributed by atoms with Gasteiger partial charge in [0.15, 0.2) is 0 Å². The maximum Gasteiger partial charge on any atom is 0.0770 e. The van der Waals surface area contributed by atoms with Crippen LogP contribution in [0.5, 0.6) is 0 Å². The molecule has 0 saturated heterocycles. The van der Waals surface area contributed by atoms with E-state index < -0.39 is 0 Å². The maximum absolute atomic E-state index is 4.43. The summed E-state index contributed by atoms with van der Waals surface area (Å²) in [6, 6.07) is 4.10. The first-order valence-corrected chi connectivity index (χ1v) is 5.03. The lowest BCUT2D eigenvalue weighted by atomic mass is 9.85. The zero-order valence-corrected chi connectivity index (χ0v) is 9.28. The lowest BCUT2D eigenvalue weighted by Crippen LogP contribution is -2.13. The Morgan fingerprint density at radius 3 is 2.67 bits per heavy atom. The molecule has 0 saturated carbocycles. The highest BCUT2D eigenvalue weighted by Crippen LogP contribution is 2.30. The SMILES string of the molecule is CC(C)(C)c1cccnc1-c1cn[nH]c1. The standard InChI is InChI=1S/C12H15N3/c1-12(2,3)10-5-4-6-13-11(10)9-7-14-15-8-9/h4-8H,1-3H3,(H,14,15). The monoisotopic (exact) mass is 201 g/mol. The summed E-state index contributed by atoms with van der Waals surface area (Å²) in [5.74, 6) is 0. The second-order valence-electron chi connectivity index (χ2n) is 4.64. The molecule has 0 fully saturated rings. The van der Waals surface area contributed by atoms with Crippen LogP contribution in [0, 0.1) is 0 Å². The normalized spacial score (nSPS) is 11.7. The Balaban J connectivity index is 2.58. The lowest BCUT2D eigenvalue weighted by Gasteiger charge is -2.21. The van der Waals surface area contributed by atoms with Crippen molar-refractivity contribution in [2.24, 2.45) is 0 Å². The van der Waals surface area contributed by atoms with E-state index in [2.05, 4.69) is 42.0 Å². The summed E-state index contributed by atoms with van der Waals surface area (Å²) in [6.45, 7) is 6.56. The average molecular weight is 201 g/mol. The molecule has 2 heterocycles. The van der Waals surface area contributed by atoms with Gasteiger partial charge >= 0.3 is 0 Å². The van der Waals surface area contributed by atoms with Gasteiger partial charge in [0.05, 0.1) is 11.9 Å². The summed E-state index contributed by atoms with van der Waals surface area (Å²) in [5, 5.41) is 6.77. The molecule has 2 aromatic heterocycles. The van der Waals surface area contributed by atoms with E-state index in [1.165, 1.54) is 5.56 Å². The minimum atomic E-state index is 0.0981. The van der Waals surface area contributed by atoms with Crippen LogP contribution in [0.2, 0.25) is 0 Å². The van der Waals surface area contributed by atoms with E-state index in [1.54, 1.807) is 6.20 Å². The minimum Gasteiger partial charge on any atom is -0.285 e. The zero-order valence-electron chi connectivity index (χ0n) is 9.28. The second kappa shape index (κ2) is 3.50. The van der Waals surface area contributed by atoms with Crippen LogP contribution in [-0.2, 0) is 5.41 Å². The smallest absolute Gasteiger partial charge is 0.0770 e. The van der Waals surface area contributed by atoms with Crippen LogP contribution in [0.25, 0.3) is 11.3 Å². The molecule has 0 aliphatic carbocycles. The van der Waals surface area contributed by atoms with Gasteiger partial charge < -0.3 is 0 Å². The highest BCUT2D eigenvalue weighted by molar-refractivity contribution is 5.62. The van der Waals surface area contributed by atoms with Gasteiger partial charge in [-0.25, -0.2) is 0 Å². The van der Waals surface area contributed by atoms with Crippen molar-refractivity contribution in [3.8, 4) is 11.3 Å². The molecule has 1 N–H and O–H groups in total. The third kappa shape index (κ3) is 1.91. The molecule has 78 valence electrons. The van der Waals surface area contributed by atoms with Crippen LogP contribution in [0.1, 0.15) is 26.3 Å². The van der Waals surface area contributed by atoms with Crippen molar-refractivity contribution in [3.05, 3.63) is 36.3 Å². The summed E-state index contributed by atoms with van der Waals surface area (Å²) in [4.78, 5) is 4.43. The first-order valence-electron chi connectivity index (χ1n) is 5.03. The van der Waals surface area contributed by atoms with Crippen molar-refractivity contribution in [1.82, 2.24) is 15.2 Å². The van der Waals surface area contributed by atoms with Crippen molar-refractivity contribution in [3.63, 3.8) is 0 Å². The number of rotatable bonds is 1. The fraction of sp³-hybridized carbons (Fsp3) is 0.333. The zero-order chi connectivity index (χ0) is 10.9. The fourth-order valence-electron chi connectivity index (χ4n) is 1.62. The summed E-state index contributed by atoms with van der Waals surface area (Å²) in [7, 11) is 0. The van der Waals surface area contributed by atoms with Gasteiger partial charge in [0.2, 0.25) is 0 Å². The number of H-pyrrole nitrogens is 1. The fourth-order valence-corrected chi connectivity index (χ4v) is 1.62. The van der Waals surface area contributed by atoms with Crippen molar-refractivity contribution < 1.29 is 0 Å². The van der Waals surface area contributed by atoms with Gasteiger partial charge in [-0.3, -0.25) is 10.1 Å². The number of nitrogens with one attached hydrogen (secondary N) is 1. The Labute approximate surface area is 89.6 Å². The first kappa shape index (κ1) is 9.90. The number of hydrogen-bond acceptors (Lipinski definition) is 2. The van der Waals surface area contributed by atoms with E-state index in [0.29, 0.717) is 0 Å². The Bertz CT molecular complexity index is 438. The van der Waals surface area contributed by atoms with Crippen molar-refractivity contribution in [2.75, 3.05) is 0 Å². The minimum absolute atomic E-state index is 0.0981. The van der Waals surface area contributed by atoms with Gasteiger partial charge in [0, 0.05) is 18.0 Å². The Hall–Kier alpha value is -1.64. The molecule has 2 aromatic rings. The highest BCUT2D eigenvalue weighted by atomic mass is 15.1. The Kier molecular flexibility index (Phi) is 2.31. The van der Waals surface area contributed by atoms with Gasteiger partial charge in [0.25, 0.3) is 0 Å². The van der Waals surface area contributed by atoms with E-state index in [4.69, 9.17) is 0 Å². The molecular weight excluding hydrogens is 186 g/mol.